The molecule has 0 amide bonds. The van der Waals surface area contributed by atoms with E-state index in [0.29, 0.717) is 10.1 Å². The van der Waals surface area contributed by atoms with E-state index in [1.165, 1.54) is 74.5 Å². The molecule has 7 rings (SSSR count). The summed E-state index contributed by atoms with van der Waals surface area (Å²) in [7, 11) is -20.8. The highest BCUT2D eigenvalue weighted by Gasteiger charge is 2.47. The van der Waals surface area contributed by atoms with Crippen LogP contribution in [0.2, 0.25) is 0 Å². The maximum absolute atomic E-state index is 15.5. The number of hydrogen-bond acceptors (Lipinski definition) is 13. The number of ether oxygens (including phenoxy) is 1. The molecule has 4 N–H and O–H groups in total. The molecule has 0 aromatic heterocycles. The van der Waals surface area contributed by atoms with Crippen molar-refractivity contribution in [2.75, 3.05) is 24.4 Å². The zero-order valence-corrected chi connectivity index (χ0v) is 35.5. The van der Waals surface area contributed by atoms with Crippen molar-refractivity contribution in [2.45, 2.75) is 20.8 Å². The third-order valence-corrected chi connectivity index (χ3v) is 15.6. The van der Waals surface area contributed by atoms with Gasteiger partial charge in [-0.1, -0.05) is 19.1 Å². The van der Waals surface area contributed by atoms with Gasteiger partial charge in [0.1, 0.15) is 20.5 Å². The first-order valence-corrected chi connectivity index (χ1v) is 24.2. The summed E-state index contributed by atoms with van der Waals surface area (Å²) in [6, 6.07) is 10.1. The van der Waals surface area contributed by atoms with Gasteiger partial charge in [0.15, 0.2) is 16.5 Å². The number of hydrogen-bond donors (Lipinski definition) is 3. The van der Waals surface area contributed by atoms with E-state index in [9.17, 15) is 44.4 Å². The zero-order chi connectivity index (χ0) is 44.4. The molecule has 0 heterocycles. The minimum atomic E-state index is -5.54. The lowest BCUT2D eigenvalue weighted by molar-refractivity contribution is -0.110. The van der Waals surface area contributed by atoms with Crippen LogP contribution >= 0.6 is 0 Å². The van der Waals surface area contributed by atoms with Crippen LogP contribution in [0.3, 0.4) is 0 Å². The Morgan fingerprint density at radius 2 is 1.23 bits per heavy atom. The quantitative estimate of drug-likeness (QED) is 0.191. The highest BCUT2D eigenvalue weighted by atomic mass is 32.2. The van der Waals surface area contributed by atoms with E-state index in [4.69, 9.17) is 9.88 Å². The predicted molar refractivity (Wildman–Crippen MR) is 227 cm³/mol. The van der Waals surface area contributed by atoms with Crippen LogP contribution in [-0.2, 0) is 59.3 Å². The number of sulfonamides is 4. The Balaban J connectivity index is 1.60. The van der Waals surface area contributed by atoms with Crippen LogP contribution in [0.15, 0.2) is 70.5 Å². The van der Waals surface area contributed by atoms with Gasteiger partial charge in [0, 0.05) is 34.8 Å². The number of nitrogens with zero attached hydrogens (tertiary/aromatic N) is 1. The van der Waals surface area contributed by atoms with Gasteiger partial charge in [-0.2, -0.15) is 0 Å². The molecule has 0 aliphatic heterocycles. The summed E-state index contributed by atoms with van der Waals surface area (Å²) in [6.07, 6.45) is 8.24. The predicted octanol–water partition coefficient (Wildman–Crippen LogP) is -0.749. The fourth-order valence-electron chi connectivity index (χ4n) is 7.22. The van der Waals surface area contributed by atoms with E-state index in [-0.39, 0.29) is 51.2 Å². The van der Waals surface area contributed by atoms with Crippen LogP contribution < -0.4 is 40.2 Å². The van der Waals surface area contributed by atoms with Crippen LogP contribution in [0.25, 0.3) is 45.9 Å². The molecule has 3 aromatic carbocycles. The van der Waals surface area contributed by atoms with Crippen molar-refractivity contribution in [1.29, 1.82) is 0 Å². The number of fused-ring (bicyclic) bond motifs is 4. The summed E-state index contributed by atoms with van der Waals surface area (Å²) in [5, 5.41) is 5.05. The monoisotopic (exact) mass is 906 g/mol. The largest absolute Gasteiger partial charge is 0.494 e. The Morgan fingerprint density at radius 1 is 0.639 bits per heavy atom. The first-order chi connectivity index (χ1) is 28.6. The molecule has 316 valence electrons. The van der Waals surface area contributed by atoms with Gasteiger partial charge in [-0.05, 0) is 120 Å². The van der Waals surface area contributed by atoms with Crippen LogP contribution in [-0.4, -0.2) is 80.8 Å². The third kappa shape index (κ3) is 7.63. The fraction of sp³-hybridized carbons (Fsp3) is 0.150. The van der Waals surface area contributed by atoms with Crippen molar-refractivity contribution in [1.82, 2.24) is 9.03 Å². The fourth-order valence-corrected chi connectivity index (χ4v) is 12.6. The van der Waals surface area contributed by atoms with Crippen molar-refractivity contribution in [2.24, 2.45) is 5.14 Å². The molecule has 0 radical (unpaired) electrons. The number of carbonyl (C=O) groups is 4. The van der Waals surface area contributed by atoms with Gasteiger partial charge in [-0.3, -0.25) is 28.2 Å². The van der Waals surface area contributed by atoms with Crippen LogP contribution in [0.4, 0.5) is 5.69 Å². The molecule has 61 heavy (non-hydrogen) atoms. The summed E-state index contributed by atoms with van der Waals surface area (Å²) in [5.41, 5.74) is -1.31. The second-order valence-corrected chi connectivity index (χ2v) is 20.3. The summed E-state index contributed by atoms with van der Waals surface area (Å²) in [5.74, 6) is -3.90. The Kier molecular flexibility index (Phi) is 10.9. The van der Waals surface area contributed by atoms with Crippen molar-refractivity contribution in [3.8, 4) is 5.75 Å². The van der Waals surface area contributed by atoms with Gasteiger partial charge in [-0.25, -0.2) is 43.5 Å². The lowest BCUT2D eigenvalue weighted by Gasteiger charge is -2.32. The lowest BCUT2D eigenvalue weighted by atomic mass is 9.95. The summed E-state index contributed by atoms with van der Waals surface area (Å²) in [4.78, 5) is 49.2. The molecule has 21 heteroatoms. The van der Waals surface area contributed by atoms with Gasteiger partial charge in [0.25, 0.3) is 20.0 Å². The molecule has 0 atom stereocenters. The van der Waals surface area contributed by atoms with Crippen molar-refractivity contribution >= 4 is 115 Å². The number of rotatable bonds is 13. The standard InChI is InChI=1S/C40H34N4O13S4/c1-4-42-59(51,52)34-21-26-15-24-16-28(45)11-7-22(24)18-31(26)39(36(34)47)61(55,56)44(5-2)35-32-20-25-17-29(46)12-8-23(25)19-33(32)38(58(41,49)50)37(48)40(35)60(53,54)43-27-9-13-30(14-10-27)57-6-3/h7-21,42-43H,4-6H2,1-3H3,(H2,41,49,50). The molecule has 0 fully saturated rings. The van der Waals surface area contributed by atoms with Crippen LogP contribution in [0.5, 0.6) is 5.75 Å². The molecule has 4 aliphatic rings. The number of ketones is 4. The number of Topliss-reactive ketones (excluding diaryl/α,β-unsaturated/α-hetero) is 2. The molecule has 0 unspecified atom stereocenters. The van der Waals surface area contributed by atoms with E-state index in [1.807, 2.05) is 0 Å². The van der Waals surface area contributed by atoms with Gasteiger partial charge in [-0.15, -0.1) is 0 Å². The van der Waals surface area contributed by atoms with Crippen molar-refractivity contribution in [3.05, 3.63) is 114 Å². The molecule has 0 saturated carbocycles. The summed E-state index contributed by atoms with van der Waals surface area (Å²) >= 11 is 0. The van der Waals surface area contributed by atoms with Gasteiger partial charge < -0.3 is 4.74 Å². The Bertz CT molecular complexity index is 3420. The second-order valence-electron chi connectivity index (χ2n) is 13.6. The minimum absolute atomic E-state index is 0.0643. The number of nitrogens with two attached hydrogens (primary N) is 1. The maximum atomic E-state index is 15.5. The first kappa shape index (κ1) is 43.0. The average Bonchev–Trinajstić information content (AvgIpc) is 3.16. The smallest absolute Gasteiger partial charge is 0.268 e. The molecule has 0 saturated heterocycles. The van der Waals surface area contributed by atoms with E-state index in [2.05, 4.69) is 9.44 Å². The lowest BCUT2D eigenvalue weighted by Crippen LogP contribution is -2.45. The van der Waals surface area contributed by atoms with E-state index in [0.717, 1.165) is 30.4 Å². The van der Waals surface area contributed by atoms with Gasteiger partial charge in [0.05, 0.1) is 12.3 Å². The molecule has 0 bridgehead atoms. The number of benzene rings is 3. The third-order valence-electron chi connectivity index (χ3n) is 9.70. The second kappa shape index (κ2) is 15.4. The van der Waals surface area contributed by atoms with Gasteiger partial charge in [0.2, 0.25) is 31.6 Å². The number of allylic oxidation sites excluding steroid dienone is 4. The maximum Gasteiger partial charge on any atom is 0.268 e. The highest BCUT2D eigenvalue weighted by molar-refractivity contribution is 8.02. The molecular formula is C40H34N4O13S4. The zero-order valence-electron chi connectivity index (χ0n) is 32.2. The Morgan fingerprint density at radius 3 is 1.79 bits per heavy atom. The van der Waals surface area contributed by atoms with Crippen LogP contribution in [0.1, 0.15) is 43.0 Å². The number of anilines is 1. The number of carbonyl (C=O) groups excluding carboxylic acids is 4. The Hall–Kier alpha value is -6.10. The van der Waals surface area contributed by atoms with Gasteiger partial charge >= 0.3 is 0 Å². The Labute approximate surface area is 349 Å². The molecule has 4 aliphatic carbocycles. The topological polar surface area (TPSA) is 267 Å². The average molecular weight is 907 g/mol. The first-order valence-electron chi connectivity index (χ1n) is 18.2. The van der Waals surface area contributed by atoms with Crippen molar-refractivity contribution in [3.63, 3.8) is 0 Å². The minimum Gasteiger partial charge on any atom is -0.494 e. The number of nitrogens with one attached hydrogen (secondary N) is 2. The van der Waals surface area contributed by atoms with E-state index in [1.54, 1.807) is 6.92 Å². The molecule has 17 nitrogen and oxygen atoms in total. The summed E-state index contributed by atoms with van der Waals surface area (Å²) in [6.45, 7) is 3.67. The molecule has 0 spiro atoms. The van der Waals surface area contributed by atoms with E-state index >= 15 is 8.42 Å². The molecular weight excluding hydrogens is 873 g/mol. The number of primary sulfonamides is 1. The van der Waals surface area contributed by atoms with E-state index < -0.39 is 106 Å². The SMILES string of the molecule is CCNS(=O)(=O)C1=Cc2cc3c(cc2=C(S(=O)(=O)N(CC)C2=C(S(=O)(=O)Nc4ccc(OCC)cc4)C(=O)C(S(N)(=O)=O)=c4cc5c(cc42)=CC(=O)C=C5)C1=O)C=CC(=O)C=3. The summed E-state index contributed by atoms with van der Waals surface area (Å²) < 4.78 is 124. The normalized spacial score (nSPS) is 16.2. The highest BCUT2D eigenvalue weighted by Crippen LogP contribution is 2.37. The van der Waals surface area contributed by atoms with Crippen molar-refractivity contribution < 1.29 is 57.6 Å². The van der Waals surface area contributed by atoms with Crippen LogP contribution in [0, 0.1) is 0 Å². The molecule has 3 aromatic rings.